The van der Waals surface area contributed by atoms with E-state index in [1.54, 1.807) is 0 Å². The van der Waals surface area contributed by atoms with Crippen LogP contribution < -0.4 is 0 Å². The topological polar surface area (TPSA) is 114 Å². The van der Waals surface area contributed by atoms with Crippen molar-refractivity contribution >= 4 is 69.1 Å². The van der Waals surface area contributed by atoms with Gasteiger partial charge in [-0.05, 0) is 25.7 Å². The second-order valence-corrected chi connectivity index (χ2v) is 13.6. The molecule has 220 valence electrons. The fourth-order valence-electron chi connectivity index (χ4n) is 4.41. The van der Waals surface area contributed by atoms with Gasteiger partial charge in [-0.15, -0.1) is 0 Å². The van der Waals surface area contributed by atoms with Crippen molar-refractivity contribution < 1.29 is 25.9 Å². The summed E-state index contributed by atoms with van der Waals surface area (Å²) in [5, 5.41) is -1.29. The van der Waals surface area contributed by atoms with E-state index in [4.69, 9.17) is 0 Å². The van der Waals surface area contributed by atoms with Crippen molar-refractivity contribution in [3.05, 3.63) is 0 Å². The van der Waals surface area contributed by atoms with E-state index in [1.165, 1.54) is 38.5 Å². The first-order valence-electron chi connectivity index (χ1n) is 14.9. The summed E-state index contributed by atoms with van der Waals surface area (Å²) in [7, 11) is -8.19. The molecule has 0 saturated heterocycles. The Morgan fingerprint density at radius 2 is 0.595 bits per heavy atom. The standard InChI is InChI=1S/2C14H30O3S.Ba/c2*1-3-5-7-8-9-11-13-14(18(15,16)17)12-10-6-4-2;/h2*14H,3-13H2,1-2H3,(H,15,16,17);/q;;+2/p-2. The summed E-state index contributed by atoms with van der Waals surface area (Å²) in [4.78, 5) is 0. The third-order valence-corrected chi connectivity index (χ3v) is 9.41. The Kier molecular flexibility index (Phi) is 33.5. The molecule has 0 aliphatic carbocycles. The van der Waals surface area contributed by atoms with Crippen LogP contribution in [0, 0.1) is 0 Å². The van der Waals surface area contributed by atoms with Crippen molar-refractivity contribution in [1.29, 1.82) is 0 Å². The van der Waals surface area contributed by atoms with Gasteiger partial charge in [0.05, 0.1) is 20.2 Å². The van der Waals surface area contributed by atoms with Gasteiger partial charge in [-0.25, -0.2) is 16.8 Å². The largest absolute Gasteiger partial charge is 2.00 e. The number of rotatable bonds is 24. The first kappa shape index (κ1) is 42.9. The zero-order chi connectivity index (χ0) is 27.7. The Labute approximate surface area is 271 Å². The van der Waals surface area contributed by atoms with Crippen molar-refractivity contribution in [3.63, 3.8) is 0 Å². The summed E-state index contributed by atoms with van der Waals surface area (Å²) in [6.07, 6.45) is 21.7. The Morgan fingerprint density at radius 1 is 0.405 bits per heavy atom. The van der Waals surface area contributed by atoms with Crippen LogP contribution >= 0.6 is 0 Å². The SMILES string of the molecule is CCCCCCCCC(CCCCC)S(=O)(=O)[O-].CCCCCCCCC(CCCCC)S(=O)(=O)[O-].[Ba+2]. The normalized spacial score (nSPS) is 13.4. The van der Waals surface area contributed by atoms with Crippen molar-refractivity contribution in [2.45, 2.75) is 179 Å². The smallest absolute Gasteiger partial charge is 0.748 e. The third kappa shape index (κ3) is 30.2. The van der Waals surface area contributed by atoms with E-state index in [9.17, 15) is 25.9 Å². The van der Waals surface area contributed by atoms with Gasteiger partial charge in [0.2, 0.25) is 0 Å². The second kappa shape index (κ2) is 28.9. The van der Waals surface area contributed by atoms with Crippen LogP contribution in [0.3, 0.4) is 0 Å². The van der Waals surface area contributed by atoms with Crippen molar-refractivity contribution in [2.75, 3.05) is 0 Å². The van der Waals surface area contributed by atoms with Crippen LogP contribution in [0.4, 0.5) is 0 Å². The minimum absolute atomic E-state index is 0. The number of unbranched alkanes of at least 4 members (excludes halogenated alkanes) is 14. The first-order valence-corrected chi connectivity index (χ1v) is 17.9. The molecular weight excluding hydrogens is 634 g/mol. The van der Waals surface area contributed by atoms with Crippen LogP contribution in [0.15, 0.2) is 0 Å². The maximum absolute atomic E-state index is 11.1. The summed E-state index contributed by atoms with van der Waals surface area (Å²) >= 11 is 0. The van der Waals surface area contributed by atoms with Crippen LogP contribution in [0.1, 0.15) is 169 Å². The van der Waals surface area contributed by atoms with E-state index >= 15 is 0 Å². The van der Waals surface area contributed by atoms with Crippen LogP contribution in [-0.2, 0) is 20.2 Å². The molecule has 0 aromatic carbocycles. The minimum Gasteiger partial charge on any atom is -0.748 e. The molecule has 0 heterocycles. The van der Waals surface area contributed by atoms with Crippen LogP contribution in [0.5, 0.6) is 0 Å². The molecule has 0 amide bonds. The van der Waals surface area contributed by atoms with Crippen LogP contribution in [0.25, 0.3) is 0 Å². The van der Waals surface area contributed by atoms with Crippen molar-refractivity contribution in [2.24, 2.45) is 0 Å². The molecule has 0 aromatic rings. The van der Waals surface area contributed by atoms with Gasteiger partial charge in [0, 0.05) is 10.5 Å². The fourth-order valence-corrected chi connectivity index (χ4v) is 6.24. The fraction of sp³-hybridized carbons (Fsp3) is 1.00. The molecule has 6 nitrogen and oxygen atoms in total. The second-order valence-electron chi connectivity index (χ2n) is 10.3. The molecular formula is C28H58BaO6S2. The Hall–Kier alpha value is 1.39. The molecule has 0 fully saturated rings. The van der Waals surface area contributed by atoms with Gasteiger partial charge in [-0.3, -0.25) is 0 Å². The van der Waals surface area contributed by atoms with Crippen LogP contribution in [0.2, 0.25) is 0 Å². The molecule has 9 heteroatoms. The predicted octanol–water partition coefficient (Wildman–Crippen LogP) is 8.08. The quantitative estimate of drug-likeness (QED) is 0.0574. The molecule has 0 aromatic heterocycles. The summed E-state index contributed by atoms with van der Waals surface area (Å²) in [6.45, 7) is 8.50. The van der Waals surface area contributed by atoms with Gasteiger partial charge in [0.1, 0.15) is 0 Å². The van der Waals surface area contributed by atoms with Gasteiger partial charge in [0.25, 0.3) is 0 Å². The first-order chi connectivity index (χ1) is 17.0. The van der Waals surface area contributed by atoms with Gasteiger partial charge < -0.3 is 9.11 Å². The summed E-state index contributed by atoms with van der Waals surface area (Å²) in [5.41, 5.74) is 0. The summed E-state index contributed by atoms with van der Waals surface area (Å²) in [5.74, 6) is 0. The average molecular weight is 692 g/mol. The Balaban J connectivity index is -0.000000608. The van der Waals surface area contributed by atoms with E-state index in [0.717, 1.165) is 77.0 Å². The average Bonchev–Trinajstić information content (AvgIpc) is 2.80. The predicted molar refractivity (Wildman–Crippen MR) is 157 cm³/mol. The van der Waals surface area contributed by atoms with Gasteiger partial charge in [0.15, 0.2) is 0 Å². The number of hydrogen-bond acceptors (Lipinski definition) is 6. The van der Waals surface area contributed by atoms with Crippen LogP contribution in [-0.4, -0.2) is 85.3 Å². The monoisotopic (exact) mass is 692 g/mol. The van der Waals surface area contributed by atoms with E-state index in [0.29, 0.717) is 25.7 Å². The molecule has 0 aliphatic heterocycles. The third-order valence-electron chi connectivity index (χ3n) is 6.84. The zero-order valence-corrected chi connectivity index (χ0v) is 30.8. The molecule has 37 heavy (non-hydrogen) atoms. The maximum Gasteiger partial charge on any atom is 2.00 e. The zero-order valence-electron chi connectivity index (χ0n) is 24.7. The van der Waals surface area contributed by atoms with E-state index < -0.39 is 30.7 Å². The maximum atomic E-state index is 11.1. The Bertz CT molecular complexity index is 610. The molecule has 2 unspecified atom stereocenters. The van der Waals surface area contributed by atoms with E-state index in [1.807, 2.05) is 0 Å². The van der Waals surface area contributed by atoms with E-state index in [-0.39, 0.29) is 48.9 Å². The van der Waals surface area contributed by atoms with E-state index in [2.05, 4.69) is 27.7 Å². The van der Waals surface area contributed by atoms with Crippen molar-refractivity contribution in [3.8, 4) is 0 Å². The Morgan fingerprint density at radius 3 is 0.838 bits per heavy atom. The molecule has 0 N–H and O–H groups in total. The molecule has 0 aliphatic rings. The molecule has 0 saturated carbocycles. The summed E-state index contributed by atoms with van der Waals surface area (Å²) in [6, 6.07) is 0. The van der Waals surface area contributed by atoms with Gasteiger partial charge in [-0.2, -0.15) is 0 Å². The molecule has 0 rings (SSSR count). The number of hydrogen-bond donors (Lipinski definition) is 0. The summed E-state index contributed by atoms with van der Waals surface area (Å²) < 4.78 is 66.8. The van der Waals surface area contributed by atoms with Gasteiger partial charge >= 0.3 is 48.9 Å². The molecule has 0 spiro atoms. The minimum atomic E-state index is -4.09. The molecule has 0 bridgehead atoms. The molecule has 2 atom stereocenters. The van der Waals surface area contributed by atoms with Gasteiger partial charge in [-0.1, -0.05) is 143 Å². The van der Waals surface area contributed by atoms with Crippen molar-refractivity contribution in [1.82, 2.24) is 0 Å². The molecule has 0 radical (unpaired) electrons.